The highest BCUT2D eigenvalue weighted by atomic mass is 19.4. The number of alkyl halides is 3. The van der Waals surface area contributed by atoms with E-state index in [9.17, 15) is 13.2 Å². The van der Waals surface area contributed by atoms with Gasteiger partial charge >= 0.3 is 6.18 Å². The molecule has 0 amide bonds. The maximum absolute atomic E-state index is 13.0. The van der Waals surface area contributed by atoms with Crippen molar-refractivity contribution >= 4 is 0 Å². The number of aromatic amines is 1. The van der Waals surface area contributed by atoms with Gasteiger partial charge in [-0.25, -0.2) is 0 Å². The molecule has 0 radical (unpaired) electrons. The molecule has 0 saturated carbocycles. The van der Waals surface area contributed by atoms with Crippen LogP contribution in [0.15, 0.2) is 30.3 Å². The number of aromatic nitrogens is 1. The van der Waals surface area contributed by atoms with Crippen LogP contribution in [-0.4, -0.2) is 4.98 Å². The van der Waals surface area contributed by atoms with E-state index in [1.807, 2.05) is 0 Å². The molecule has 2 rings (SSSR count). The highest BCUT2D eigenvalue weighted by Gasteiger charge is 2.37. The van der Waals surface area contributed by atoms with E-state index in [-0.39, 0.29) is 11.3 Å². The molecule has 0 atom stereocenters. The Morgan fingerprint density at radius 1 is 0.941 bits per heavy atom. The molecule has 0 fully saturated rings. The molecule has 0 aliphatic heterocycles. The van der Waals surface area contributed by atoms with E-state index in [0.717, 1.165) is 0 Å². The van der Waals surface area contributed by atoms with Crippen molar-refractivity contribution in [2.75, 3.05) is 0 Å². The second-order valence-electron chi connectivity index (χ2n) is 3.99. The maximum Gasteiger partial charge on any atom is 0.418 e. The van der Waals surface area contributed by atoms with Gasteiger partial charge in [0.2, 0.25) is 0 Å². The lowest BCUT2D eigenvalue weighted by atomic mass is 10.0. The van der Waals surface area contributed by atoms with E-state index in [1.165, 1.54) is 6.92 Å². The third-order valence-corrected chi connectivity index (χ3v) is 2.72. The molecule has 0 saturated heterocycles. The molecule has 1 N–H and O–H groups in total. The molecule has 0 spiro atoms. The molecule has 1 nitrogen and oxygen atoms in total. The number of benzene rings is 1. The Bertz CT molecular complexity index is 524. The van der Waals surface area contributed by atoms with E-state index in [1.54, 1.807) is 37.3 Å². The highest BCUT2D eigenvalue weighted by Crippen LogP contribution is 2.40. The zero-order chi connectivity index (χ0) is 12.6. The Morgan fingerprint density at radius 3 is 2.06 bits per heavy atom. The topological polar surface area (TPSA) is 15.8 Å². The van der Waals surface area contributed by atoms with Gasteiger partial charge in [-0.1, -0.05) is 30.3 Å². The van der Waals surface area contributed by atoms with Crippen LogP contribution in [0.5, 0.6) is 0 Å². The van der Waals surface area contributed by atoms with Crippen LogP contribution < -0.4 is 0 Å². The van der Waals surface area contributed by atoms with Crippen molar-refractivity contribution in [3.63, 3.8) is 0 Å². The SMILES string of the molecule is Cc1[nH]c(C)c(C(F)(F)F)c1-c1ccccc1. The van der Waals surface area contributed by atoms with Gasteiger partial charge in [0, 0.05) is 17.0 Å². The van der Waals surface area contributed by atoms with Crippen molar-refractivity contribution < 1.29 is 13.2 Å². The first-order chi connectivity index (χ1) is 7.91. The van der Waals surface area contributed by atoms with Crippen LogP contribution in [0.1, 0.15) is 17.0 Å². The minimum atomic E-state index is -4.33. The number of rotatable bonds is 1. The molecular weight excluding hydrogens is 227 g/mol. The van der Waals surface area contributed by atoms with E-state index in [2.05, 4.69) is 4.98 Å². The van der Waals surface area contributed by atoms with Gasteiger partial charge in [-0.2, -0.15) is 13.2 Å². The second kappa shape index (κ2) is 3.95. The third-order valence-electron chi connectivity index (χ3n) is 2.72. The Morgan fingerprint density at radius 2 is 1.53 bits per heavy atom. The molecule has 0 aliphatic rings. The fourth-order valence-electron chi connectivity index (χ4n) is 2.10. The number of halogens is 3. The maximum atomic E-state index is 13.0. The van der Waals surface area contributed by atoms with Gasteiger partial charge in [0.25, 0.3) is 0 Å². The summed E-state index contributed by atoms with van der Waals surface area (Å²) in [5.41, 5.74) is 0.966. The van der Waals surface area contributed by atoms with E-state index in [0.29, 0.717) is 11.3 Å². The Balaban J connectivity index is 2.70. The van der Waals surface area contributed by atoms with Crippen LogP contribution in [0.25, 0.3) is 11.1 Å². The Hall–Kier alpha value is -1.71. The van der Waals surface area contributed by atoms with Crippen molar-refractivity contribution in [2.45, 2.75) is 20.0 Å². The molecule has 0 bridgehead atoms. The Labute approximate surface area is 97.3 Å². The van der Waals surface area contributed by atoms with E-state index >= 15 is 0 Å². The van der Waals surface area contributed by atoms with E-state index < -0.39 is 11.7 Å². The first kappa shape index (κ1) is 11.8. The van der Waals surface area contributed by atoms with Gasteiger partial charge in [-0.3, -0.25) is 0 Å². The lowest BCUT2D eigenvalue weighted by Crippen LogP contribution is -2.07. The first-order valence-corrected chi connectivity index (χ1v) is 5.23. The minimum absolute atomic E-state index is 0.161. The summed E-state index contributed by atoms with van der Waals surface area (Å²) in [6, 6.07) is 8.62. The van der Waals surface area contributed by atoms with Crippen molar-refractivity contribution in [1.29, 1.82) is 0 Å². The molecule has 1 heterocycles. The van der Waals surface area contributed by atoms with Gasteiger partial charge in [-0.05, 0) is 19.4 Å². The summed E-state index contributed by atoms with van der Waals surface area (Å²) in [7, 11) is 0. The molecule has 90 valence electrons. The van der Waals surface area contributed by atoms with Crippen LogP contribution >= 0.6 is 0 Å². The summed E-state index contributed by atoms with van der Waals surface area (Å²) in [6.07, 6.45) is -4.33. The van der Waals surface area contributed by atoms with Crippen LogP contribution in [0.4, 0.5) is 13.2 Å². The molecule has 0 unspecified atom stereocenters. The average molecular weight is 239 g/mol. The van der Waals surface area contributed by atoms with Gasteiger partial charge in [0.15, 0.2) is 0 Å². The zero-order valence-electron chi connectivity index (χ0n) is 9.52. The third kappa shape index (κ3) is 2.07. The average Bonchev–Trinajstić information content (AvgIpc) is 2.54. The van der Waals surface area contributed by atoms with Crippen LogP contribution in [-0.2, 0) is 6.18 Å². The molecule has 1 aromatic carbocycles. The van der Waals surface area contributed by atoms with E-state index in [4.69, 9.17) is 0 Å². The zero-order valence-corrected chi connectivity index (χ0v) is 9.52. The first-order valence-electron chi connectivity index (χ1n) is 5.23. The van der Waals surface area contributed by atoms with Gasteiger partial charge < -0.3 is 4.98 Å². The standard InChI is InChI=1S/C13H12F3N/c1-8-11(10-6-4-3-5-7-10)12(9(2)17-8)13(14,15)16/h3-7,17H,1-2H3. The number of nitrogens with one attached hydrogen (secondary N) is 1. The predicted molar refractivity (Wildman–Crippen MR) is 60.7 cm³/mol. The summed E-state index contributed by atoms with van der Waals surface area (Å²) in [5, 5.41) is 0. The lowest BCUT2D eigenvalue weighted by molar-refractivity contribution is -0.137. The molecule has 4 heteroatoms. The monoisotopic (exact) mass is 239 g/mol. The summed E-state index contributed by atoms with van der Waals surface area (Å²) in [6.45, 7) is 3.10. The fraction of sp³-hybridized carbons (Fsp3) is 0.231. The normalized spacial score (nSPS) is 11.8. The Kier molecular flexibility index (Phi) is 2.73. The molecule has 2 aromatic rings. The van der Waals surface area contributed by atoms with Gasteiger partial charge in [0.1, 0.15) is 0 Å². The number of aryl methyl sites for hydroxylation is 2. The van der Waals surface area contributed by atoms with Crippen molar-refractivity contribution in [2.24, 2.45) is 0 Å². The smallest absolute Gasteiger partial charge is 0.362 e. The van der Waals surface area contributed by atoms with Gasteiger partial charge in [-0.15, -0.1) is 0 Å². The van der Waals surface area contributed by atoms with Crippen LogP contribution in [0, 0.1) is 13.8 Å². The summed E-state index contributed by atoms with van der Waals surface area (Å²) in [4.78, 5) is 2.76. The van der Waals surface area contributed by atoms with Crippen molar-refractivity contribution in [1.82, 2.24) is 4.98 Å². The number of hydrogen-bond acceptors (Lipinski definition) is 0. The summed E-state index contributed by atoms with van der Waals surface area (Å²) in [5.74, 6) is 0. The van der Waals surface area contributed by atoms with Crippen molar-refractivity contribution in [3.8, 4) is 11.1 Å². The summed E-state index contributed by atoms with van der Waals surface area (Å²) >= 11 is 0. The summed E-state index contributed by atoms with van der Waals surface area (Å²) < 4.78 is 39.0. The fourth-order valence-corrected chi connectivity index (χ4v) is 2.10. The minimum Gasteiger partial charge on any atom is -0.362 e. The van der Waals surface area contributed by atoms with Crippen LogP contribution in [0.2, 0.25) is 0 Å². The van der Waals surface area contributed by atoms with Crippen molar-refractivity contribution in [3.05, 3.63) is 47.3 Å². The molecular formula is C13H12F3N. The second-order valence-corrected chi connectivity index (χ2v) is 3.99. The van der Waals surface area contributed by atoms with Crippen LogP contribution in [0.3, 0.4) is 0 Å². The number of H-pyrrole nitrogens is 1. The lowest BCUT2D eigenvalue weighted by Gasteiger charge is -2.10. The quantitative estimate of drug-likeness (QED) is 0.762. The number of hydrogen-bond donors (Lipinski definition) is 1. The predicted octanol–water partition coefficient (Wildman–Crippen LogP) is 4.32. The van der Waals surface area contributed by atoms with Gasteiger partial charge in [0.05, 0.1) is 5.56 Å². The molecule has 17 heavy (non-hydrogen) atoms. The molecule has 1 aromatic heterocycles. The molecule has 0 aliphatic carbocycles. The highest BCUT2D eigenvalue weighted by molar-refractivity contribution is 5.72. The largest absolute Gasteiger partial charge is 0.418 e.